The highest BCUT2D eigenvalue weighted by atomic mass is 16.5. The fourth-order valence-corrected chi connectivity index (χ4v) is 1.19. The van der Waals surface area contributed by atoms with Crippen LogP contribution in [0.15, 0.2) is 0 Å². The minimum absolute atomic E-state index is 0.337. The second-order valence-electron chi connectivity index (χ2n) is 3.98. The number of methoxy groups -OCH3 is 1. The van der Waals surface area contributed by atoms with E-state index in [2.05, 4.69) is 19.2 Å². The zero-order valence-corrected chi connectivity index (χ0v) is 11.0. The van der Waals surface area contributed by atoms with E-state index in [1.165, 1.54) is 0 Å². The van der Waals surface area contributed by atoms with Crippen LogP contribution in [0, 0.1) is 0 Å². The van der Waals surface area contributed by atoms with E-state index in [9.17, 15) is 0 Å². The average molecular weight is 233 g/mol. The maximum atomic E-state index is 5.43. The molecule has 0 saturated heterocycles. The van der Waals surface area contributed by atoms with Crippen LogP contribution >= 0.6 is 0 Å². The number of hydrogen-bond donors (Lipinski definition) is 1. The summed E-state index contributed by atoms with van der Waals surface area (Å²) in [5.74, 6) is 0. The van der Waals surface area contributed by atoms with Crippen LogP contribution in [0.3, 0.4) is 0 Å². The van der Waals surface area contributed by atoms with Crippen LogP contribution in [0.5, 0.6) is 0 Å². The molecular formula is C12H27NO3. The SMILES string of the molecule is COCCCOCCNCCCOC(C)C. The van der Waals surface area contributed by atoms with Crippen LogP contribution in [0.25, 0.3) is 0 Å². The molecule has 0 aromatic rings. The summed E-state index contributed by atoms with van der Waals surface area (Å²) in [7, 11) is 1.71. The van der Waals surface area contributed by atoms with Gasteiger partial charge in [-0.25, -0.2) is 0 Å². The highest BCUT2D eigenvalue weighted by Crippen LogP contribution is 1.89. The van der Waals surface area contributed by atoms with E-state index < -0.39 is 0 Å². The summed E-state index contributed by atoms with van der Waals surface area (Å²) < 4.78 is 15.8. The van der Waals surface area contributed by atoms with Crippen molar-refractivity contribution < 1.29 is 14.2 Å². The molecule has 0 saturated carbocycles. The minimum atomic E-state index is 0.337. The molecular weight excluding hydrogens is 206 g/mol. The molecule has 0 unspecified atom stereocenters. The standard InChI is InChI=1S/C12H27NO3/c1-12(2)16-10-4-6-13-7-11-15-9-5-8-14-3/h12-13H,4-11H2,1-3H3. The van der Waals surface area contributed by atoms with E-state index in [1.807, 2.05) is 0 Å². The van der Waals surface area contributed by atoms with Gasteiger partial charge in [0.05, 0.1) is 12.7 Å². The van der Waals surface area contributed by atoms with Crippen molar-refractivity contribution >= 4 is 0 Å². The van der Waals surface area contributed by atoms with E-state index in [1.54, 1.807) is 7.11 Å². The van der Waals surface area contributed by atoms with Gasteiger partial charge >= 0.3 is 0 Å². The van der Waals surface area contributed by atoms with Crippen LogP contribution in [-0.2, 0) is 14.2 Å². The Morgan fingerprint density at radius 3 is 2.44 bits per heavy atom. The lowest BCUT2D eigenvalue weighted by Crippen LogP contribution is -2.22. The van der Waals surface area contributed by atoms with Gasteiger partial charge in [0.25, 0.3) is 0 Å². The topological polar surface area (TPSA) is 39.7 Å². The summed E-state index contributed by atoms with van der Waals surface area (Å²) in [6.45, 7) is 9.19. The third-order valence-electron chi connectivity index (χ3n) is 2.01. The van der Waals surface area contributed by atoms with Crippen LogP contribution in [0.1, 0.15) is 26.7 Å². The first-order chi connectivity index (χ1) is 7.77. The number of nitrogens with one attached hydrogen (secondary N) is 1. The van der Waals surface area contributed by atoms with Crippen LogP contribution in [0.2, 0.25) is 0 Å². The quantitative estimate of drug-likeness (QED) is 0.518. The Bertz CT molecular complexity index is 131. The Balaban J connectivity index is 2.88. The molecule has 0 radical (unpaired) electrons. The Hall–Kier alpha value is -0.160. The number of hydrogen-bond acceptors (Lipinski definition) is 4. The maximum Gasteiger partial charge on any atom is 0.0590 e. The molecule has 4 nitrogen and oxygen atoms in total. The molecule has 1 N–H and O–H groups in total. The lowest BCUT2D eigenvalue weighted by Gasteiger charge is -2.08. The van der Waals surface area contributed by atoms with Crippen molar-refractivity contribution in [2.24, 2.45) is 0 Å². The Kier molecular flexibility index (Phi) is 12.8. The summed E-state index contributed by atoms with van der Waals surface area (Å²) in [5.41, 5.74) is 0. The minimum Gasteiger partial charge on any atom is -0.385 e. The van der Waals surface area contributed by atoms with Crippen LogP contribution in [-0.4, -0.2) is 52.7 Å². The lowest BCUT2D eigenvalue weighted by atomic mass is 10.4. The summed E-state index contributed by atoms with van der Waals surface area (Å²) in [5, 5.41) is 3.31. The van der Waals surface area contributed by atoms with E-state index in [4.69, 9.17) is 14.2 Å². The molecule has 0 aliphatic carbocycles. The first-order valence-corrected chi connectivity index (χ1v) is 6.16. The number of rotatable bonds is 12. The first kappa shape index (κ1) is 15.8. The molecule has 0 amide bonds. The van der Waals surface area contributed by atoms with Crippen molar-refractivity contribution in [3.63, 3.8) is 0 Å². The van der Waals surface area contributed by atoms with Crippen molar-refractivity contribution in [2.75, 3.05) is 46.6 Å². The summed E-state index contributed by atoms with van der Waals surface area (Å²) in [4.78, 5) is 0. The van der Waals surface area contributed by atoms with Crippen molar-refractivity contribution in [1.82, 2.24) is 5.32 Å². The smallest absolute Gasteiger partial charge is 0.0590 e. The van der Waals surface area contributed by atoms with Crippen LogP contribution < -0.4 is 5.32 Å². The van der Waals surface area contributed by atoms with Gasteiger partial charge in [-0.2, -0.15) is 0 Å². The molecule has 0 fully saturated rings. The van der Waals surface area contributed by atoms with E-state index >= 15 is 0 Å². The fraction of sp³-hybridized carbons (Fsp3) is 1.00. The van der Waals surface area contributed by atoms with E-state index in [0.29, 0.717) is 6.10 Å². The van der Waals surface area contributed by atoms with Gasteiger partial charge in [-0.05, 0) is 33.2 Å². The van der Waals surface area contributed by atoms with Crippen molar-refractivity contribution in [3.05, 3.63) is 0 Å². The lowest BCUT2D eigenvalue weighted by molar-refractivity contribution is 0.0759. The monoisotopic (exact) mass is 233 g/mol. The van der Waals surface area contributed by atoms with Crippen molar-refractivity contribution in [3.8, 4) is 0 Å². The van der Waals surface area contributed by atoms with E-state index in [-0.39, 0.29) is 0 Å². The van der Waals surface area contributed by atoms with Gasteiger partial charge in [-0.1, -0.05) is 0 Å². The molecule has 0 aromatic carbocycles. The average Bonchev–Trinajstić information content (AvgIpc) is 2.25. The maximum absolute atomic E-state index is 5.43. The molecule has 0 aliphatic heterocycles. The molecule has 16 heavy (non-hydrogen) atoms. The molecule has 4 heteroatoms. The Labute approximate surface area is 99.6 Å². The Morgan fingerprint density at radius 2 is 1.75 bits per heavy atom. The molecule has 0 rings (SSSR count). The van der Waals surface area contributed by atoms with Gasteiger partial charge in [0.2, 0.25) is 0 Å². The summed E-state index contributed by atoms with van der Waals surface area (Å²) >= 11 is 0. The predicted molar refractivity (Wildman–Crippen MR) is 65.9 cm³/mol. The number of ether oxygens (including phenoxy) is 3. The third-order valence-corrected chi connectivity index (χ3v) is 2.01. The normalized spacial score (nSPS) is 11.2. The second-order valence-corrected chi connectivity index (χ2v) is 3.98. The van der Waals surface area contributed by atoms with Gasteiger partial charge in [-0.3, -0.25) is 0 Å². The molecule has 0 bridgehead atoms. The molecule has 0 aromatic heterocycles. The second kappa shape index (κ2) is 12.9. The van der Waals surface area contributed by atoms with Gasteiger partial charge < -0.3 is 19.5 Å². The fourth-order valence-electron chi connectivity index (χ4n) is 1.19. The van der Waals surface area contributed by atoms with Crippen molar-refractivity contribution in [1.29, 1.82) is 0 Å². The molecule has 98 valence electrons. The molecule has 0 spiro atoms. The third kappa shape index (κ3) is 13.8. The molecule has 0 atom stereocenters. The largest absolute Gasteiger partial charge is 0.385 e. The van der Waals surface area contributed by atoms with Gasteiger partial charge in [0, 0.05) is 33.5 Å². The predicted octanol–water partition coefficient (Wildman–Crippen LogP) is 1.44. The molecule has 0 heterocycles. The highest BCUT2D eigenvalue weighted by molar-refractivity contribution is 4.47. The zero-order chi connectivity index (χ0) is 12.1. The highest BCUT2D eigenvalue weighted by Gasteiger charge is 1.93. The molecule has 0 aliphatic rings. The van der Waals surface area contributed by atoms with Crippen LogP contribution in [0.4, 0.5) is 0 Å². The summed E-state index contributed by atoms with van der Waals surface area (Å²) in [6, 6.07) is 0. The van der Waals surface area contributed by atoms with Gasteiger partial charge in [-0.15, -0.1) is 0 Å². The summed E-state index contributed by atoms with van der Waals surface area (Å²) in [6.07, 6.45) is 2.37. The zero-order valence-electron chi connectivity index (χ0n) is 11.0. The van der Waals surface area contributed by atoms with Crippen molar-refractivity contribution in [2.45, 2.75) is 32.8 Å². The van der Waals surface area contributed by atoms with Gasteiger partial charge in [0.1, 0.15) is 0 Å². The Morgan fingerprint density at radius 1 is 0.938 bits per heavy atom. The van der Waals surface area contributed by atoms with E-state index in [0.717, 1.165) is 52.4 Å². The van der Waals surface area contributed by atoms with Gasteiger partial charge in [0.15, 0.2) is 0 Å². The first-order valence-electron chi connectivity index (χ1n) is 6.16.